The minimum atomic E-state index is 0.0931. The molecule has 0 N–H and O–H groups in total. The molecular formula is C10H16OS. The van der Waals surface area contributed by atoms with Crippen molar-refractivity contribution < 1.29 is 4.79 Å². The Labute approximate surface area is 79.5 Å². The van der Waals surface area contributed by atoms with Crippen molar-refractivity contribution in [2.24, 2.45) is 5.92 Å². The quantitative estimate of drug-likeness (QED) is 0.627. The Morgan fingerprint density at radius 1 is 1.33 bits per heavy atom. The molecule has 0 unspecified atom stereocenters. The summed E-state index contributed by atoms with van der Waals surface area (Å²) in [7, 11) is 0. The molecule has 0 aromatic rings. The highest BCUT2D eigenvalue weighted by Crippen LogP contribution is 2.26. The second-order valence-electron chi connectivity index (χ2n) is 3.69. The SMILES string of the molecule is CC(=O)C(=S)CC1CCCCC1. The molecule has 0 bridgehead atoms. The first-order chi connectivity index (χ1) is 5.70. The lowest BCUT2D eigenvalue weighted by molar-refractivity contribution is -0.111. The van der Waals surface area contributed by atoms with Gasteiger partial charge in [0, 0.05) is 0 Å². The first kappa shape index (κ1) is 9.85. The summed E-state index contributed by atoms with van der Waals surface area (Å²) < 4.78 is 0. The summed E-state index contributed by atoms with van der Waals surface area (Å²) in [5, 5.41) is 0. The van der Waals surface area contributed by atoms with Gasteiger partial charge >= 0.3 is 0 Å². The molecule has 0 radical (unpaired) electrons. The molecule has 68 valence electrons. The molecule has 0 atom stereocenters. The highest BCUT2D eigenvalue weighted by atomic mass is 32.1. The van der Waals surface area contributed by atoms with Crippen molar-refractivity contribution in [2.45, 2.75) is 45.4 Å². The lowest BCUT2D eigenvalue weighted by Gasteiger charge is -2.20. The molecule has 0 heterocycles. The maximum absolute atomic E-state index is 10.9. The van der Waals surface area contributed by atoms with Crippen LogP contribution in [0.15, 0.2) is 0 Å². The number of hydrogen-bond donors (Lipinski definition) is 0. The Kier molecular flexibility index (Phi) is 3.86. The van der Waals surface area contributed by atoms with Gasteiger partial charge in [0.25, 0.3) is 0 Å². The Balaban J connectivity index is 2.29. The van der Waals surface area contributed by atoms with E-state index in [0.717, 1.165) is 6.42 Å². The molecule has 0 aromatic carbocycles. The zero-order chi connectivity index (χ0) is 8.97. The fourth-order valence-corrected chi connectivity index (χ4v) is 2.03. The Hall–Kier alpha value is -0.240. The van der Waals surface area contributed by atoms with Crippen LogP contribution in [0.2, 0.25) is 0 Å². The predicted octanol–water partition coefficient (Wildman–Crippen LogP) is 2.92. The van der Waals surface area contributed by atoms with Crippen LogP contribution in [-0.2, 0) is 4.79 Å². The van der Waals surface area contributed by atoms with Gasteiger partial charge in [-0.25, -0.2) is 0 Å². The number of ketones is 1. The molecule has 1 saturated carbocycles. The molecule has 0 aliphatic heterocycles. The van der Waals surface area contributed by atoms with E-state index in [2.05, 4.69) is 0 Å². The van der Waals surface area contributed by atoms with Gasteiger partial charge in [0.1, 0.15) is 0 Å². The van der Waals surface area contributed by atoms with Gasteiger partial charge in [-0.15, -0.1) is 0 Å². The molecule has 0 spiro atoms. The van der Waals surface area contributed by atoms with Crippen LogP contribution in [0.25, 0.3) is 0 Å². The van der Waals surface area contributed by atoms with Crippen LogP contribution >= 0.6 is 12.2 Å². The van der Waals surface area contributed by atoms with E-state index in [1.807, 2.05) is 0 Å². The molecule has 0 saturated heterocycles. The average Bonchev–Trinajstić information content (AvgIpc) is 2.06. The second-order valence-corrected chi connectivity index (χ2v) is 4.18. The van der Waals surface area contributed by atoms with Gasteiger partial charge in [-0.3, -0.25) is 4.79 Å². The summed E-state index contributed by atoms with van der Waals surface area (Å²) in [6.45, 7) is 1.57. The number of thiocarbonyl (C=S) groups is 1. The fraction of sp³-hybridized carbons (Fsp3) is 0.800. The van der Waals surface area contributed by atoms with Gasteiger partial charge in [0.05, 0.1) is 4.86 Å². The third-order valence-corrected chi connectivity index (χ3v) is 3.05. The average molecular weight is 184 g/mol. The van der Waals surface area contributed by atoms with Crippen LogP contribution in [0.4, 0.5) is 0 Å². The summed E-state index contributed by atoms with van der Waals surface area (Å²) >= 11 is 5.01. The maximum atomic E-state index is 10.9. The Bertz CT molecular complexity index is 180. The topological polar surface area (TPSA) is 17.1 Å². The molecule has 1 fully saturated rings. The van der Waals surface area contributed by atoms with Crippen molar-refractivity contribution in [3.63, 3.8) is 0 Å². The van der Waals surface area contributed by atoms with E-state index in [1.165, 1.54) is 32.1 Å². The predicted molar refractivity (Wildman–Crippen MR) is 54.5 cm³/mol. The molecule has 12 heavy (non-hydrogen) atoms. The maximum Gasteiger partial charge on any atom is 0.166 e. The van der Waals surface area contributed by atoms with Crippen LogP contribution in [-0.4, -0.2) is 10.6 Å². The Morgan fingerprint density at radius 3 is 2.42 bits per heavy atom. The van der Waals surface area contributed by atoms with Crippen molar-refractivity contribution in [1.82, 2.24) is 0 Å². The van der Waals surface area contributed by atoms with Crippen LogP contribution in [0.5, 0.6) is 0 Å². The molecule has 2 heteroatoms. The molecule has 1 nitrogen and oxygen atoms in total. The summed E-state index contributed by atoms with van der Waals surface area (Å²) in [5.74, 6) is 0.797. The zero-order valence-corrected chi connectivity index (χ0v) is 8.45. The zero-order valence-electron chi connectivity index (χ0n) is 7.64. The van der Waals surface area contributed by atoms with Crippen molar-refractivity contribution in [2.75, 3.05) is 0 Å². The molecular weight excluding hydrogens is 168 g/mol. The van der Waals surface area contributed by atoms with Gasteiger partial charge in [-0.1, -0.05) is 44.3 Å². The first-order valence-electron chi connectivity index (χ1n) is 4.74. The van der Waals surface area contributed by atoms with Gasteiger partial charge in [0.15, 0.2) is 5.78 Å². The van der Waals surface area contributed by atoms with Gasteiger partial charge in [0.2, 0.25) is 0 Å². The van der Waals surface area contributed by atoms with Crippen molar-refractivity contribution in [1.29, 1.82) is 0 Å². The van der Waals surface area contributed by atoms with E-state index < -0.39 is 0 Å². The van der Waals surface area contributed by atoms with E-state index in [0.29, 0.717) is 10.8 Å². The number of carbonyl (C=O) groups is 1. The minimum absolute atomic E-state index is 0.0931. The van der Waals surface area contributed by atoms with E-state index in [-0.39, 0.29) is 5.78 Å². The molecule has 0 aromatic heterocycles. The summed E-state index contributed by atoms with van der Waals surface area (Å²) in [5.41, 5.74) is 0. The normalized spacial score (nSPS) is 19.1. The fourth-order valence-electron chi connectivity index (χ4n) is 1.80. The standard InChI is InChI=1S/C10H16OS/c1-8(11)10(12)7-9-5-3-2-4-6-9/h9H,2-7H2,1H3. The lowest BCUT2D eigenvalue weighted by atomic mass is 9.86. The molecule has 1 aliphatic rings. The van der Waals surface area contributed by atoms with E-state index in [4.69, 9.17) is 12.2 Å². The molecule has 1 rings (SSSR count). The third kappa shape index (κ3) is 3.02. The number of Topliss-reactive ketones (excluding diaryl/α,β-unsaturated/α-hetero) is 1. The van der Waals surface area contributed by atoms with Crippen LogP contribution in [0.1, 0.15) is 45.4 Å². The van der Waals surface area contributed by atoms with Gasteiger partial charge in [-0.05, 0) is 19.3 Å². The number of carbonyl (C=O) groups excluding carboxylic acids is 1. The van der Waals surface area contributed by atoms with Gasteiger partial charge < -0.3 is 0 Å². The second kappa shape index (κ2) is 4.70. The van der Waals surface area contributed by atoms with Crippen molar-refractivity contribution >= 4 is 22.9 Å². The Morgan fingerprint density at radius 2 is 1.92 bits per heavy atom. The van der Waals surface area contributed by atoms with Crippen LogP contribution < -0.4 is 0 Å². The van der Waals surface area contributed by atoms with Crippen molar-refractivity contribution in [3.05, 3.63) is 0 Å². The van der Waals surface area contributed by atoms with Crippen LogP contribution in [0, 0.1) is 5.92 Å². The van der Waals surface area contributed by atoms with E-state index in [9.17, 15) is 4.79 Å². The smallest absolute Gasteiger partial charge is 0.166 e. The molecule has 1 aliphatic carbocycles. The van der Waals surface area contributed by atoms with Crippen molar-refractivity contribution in [3.8, 4) is 0 Å². The number of rotatable bonds is 3. The van der Waals surface area contributed by atoms with E-state index in [1.54, 1.807) is 6.92 Å². The largest absolute Gasteiger partial charge is 0.294 e. The summed E-state index contributed by atoms with van der Waals surface area (Å²) in [6, 6.07) is 0. The van der Waals surface area contributed by atoms with Gasteiger partial charge in [-0.2, -0.15) is 0 Å². The van der Waals surface area contributed by atoms with E-state index >= 15 is 0 Å². The first-order valence-corrected chi connectivity index (χ1v) is 5.14. The monoisotopic (exact) mass is 184 g/mol. The molecule has 0 amide bonds. The summed E-state index contributed by atoms with van der Waals surface area (Å²) in [4.78, 5) is 11.5. The minimum Gasteiger partial charge on any atom is -0.294 e. The number of hydrogen-bond acceptors (Lipinski definition) is 2. The third-order valence-electron chi connectivity index (χ3n) is 2.59. The highest BCUT2D eigenvalue weighted by molar-refractivity contribution is 7.82. The lowest BCUT2D eigenvalue weighted by Crippen LogP contribution is -2.15. The van der Waals surface area contributed by atoms with Crippen LogP contribution in [0.3, 0.4) is 0 Å². The highest BCUT2D eigenvalue weighted by Gasteiger charge is 2.16. The summed E-state index contributed by atoms with van der Waals surface area (Å²) in [6.07, 6.45) is 7.42.